The van der Waals surface area contributed by atoms with Crippen LogP contribution in [0.15, 0.2) is 89.0 Å². The lowest BCUT2D eigenvalue weighted by Crippen LogP contribution is -2.54. The van der Waals surface area contributed by atoms with E-state index in [1.807, 2.05) is 61.5 Å². The van der Waals surface area contributed by atoms with Gasteiger partial charge in [0, 0.05) is 42.2 Å². The highest BCUT2D eigenvalue weighted by Gasteiger charge is 2.53. The second kappa shape index (κ2) is 13.4. The van der Waals surface area contributed by atoms with E-state index in [0.717, 1.165) is 12.0 Å². The van der Waals surface area contributed by atoms with Crippen LogP contribution >= 0.6 is 0 Å². The number of benzene rings is 3. The van der Waals surface area contributed by atoms with Crippen molar-refractivity contribution in [2.75, 3.05) is 19.8 Å². The molecule has 0 unspecified atom stereocenters. The Morgan fingerprint density at radius 2 is 1.87 bits per heavy atom. The number of ether oxygens (including phenoxy) is 2. The Bertz CT molecular complexity index is 1330. The number of hydrogen-bond donors (Lipinski definition) is 3. The maximum absolute atomic E-state index is 14.0. The second-order valence-corrected chi connectivity index (χ2v) is 9.08. The fraction of sp³-hybridized carbons (Fsp3) is 0.310. The lowest BCUT2D eigenvalue weighted by molar-refractivity contribution is -0.130. The highest BCUT2D eigenvalue weighted by molar-refractivity contribution is 6.01. The summed E-state index contributed by atoms with van der Waals surface area (Å²) < 4.78 is 12.1. The minimum Gasteiger partial charge on any atom is -0.494 e. The van der Waals surface area contributed by atoms with Gasteiger partial charge < -0.3 is 14.6 Å². The average molecular weight is 529 g/mol. The van der Waals surface area contributed by atoms with E-state index in [1.54, 1.807) is 24.3 Å². The molecule has 0 saturated carbocycles. The van der Waals surface area contributed by atoms with Crippen molar-refractivity contribution >= 4 is 17.5 Å². The van der Waals surface area contributed by atoms with Gasteiger partial charge in [-0.2, -0.15) is 0 Å². The summed E-state index contributed by atoms with van der Waals surface area (Å²) in [6, 6.07) is 23.9. The van der Waals surface area contributed by atoms with Gasteiger partial charge in [-0.25, -0.2) is 10.4 Å². The number of nitrogens with one attached hydrogen (secondary N) is 2. The first kappa shape index (κ1) is 27.7. The van der Waals surface area contributed by atoms with Gasteiger partial charge in [0.15, 0.2) is 11.6 Å². The molecule has 10 heteroatoms. The van der Waals surface area contributed by atoms with Gasteiger partial charge in [0.1, 0.15) is 5.75 Å². The van der Waals surface area contributed by atoms with Gasteiger partial charge in [0.2, 0.25) is 5.90 Å². The van der Waals surface area contributed by atoms with Gasteiger partial charge in [0.05, 0.1) is 6.61 Å². The van der Waals surface area contributed by atoms with E-state index >= 15 is 0 Å². The first-order valence-corrected chi connectivity index (χ1v) is 12.9. The van der Waals surface area contributed by atoms with E-state index in [1.165, 1.54) is 0 Å². The summed E-state index contributed by atoms with van der Waals surface area (Å²) in [7, 11) is 0. The molecule has 0 aliphatic carbocycles. The molecular weight excluding hydrogens is 496 g/mol. The fourth-order valence-electron chi connectivity index (χ4n) is 4.38. The predicted molar refractivity (Wildman–Crippen MR) is 149 cm³/mol. The summed E-state index contributed by atoms with van der Waals surface area (Å²) in [5, 5.41) is 12.8. The van der Waals surface area contributed by atoms with Crippen molar-refractivity contribution < 1.29 is 19.4 Å². The predicted octanol–water partition coefficient (Wildman–Crippen LogP) is 4.92. The molecule has 1 amide bonds. The maximum atomic E-state index is 14.0. The monoisotopic (exact) mass is 528 g/mol. The van der Waals surface area contributed by atoms with Crippen LogP contribution in [0.25, 0.3) is 10.4 Å². The van der Waals surface area contributed by atoms with E-state index in [9.17, 15) is 4.79 Å². The number of aliphatic hydroxyl groups excluding tert-OH is 1. The van der Waals surface area contributed by atoms with Crippen LogP contribution in [-0.4, -0.2) is 42.2 Å². The van der Waals surface area contributed by atoms with Crippen molar-refractivity contribution in [2.45, 2.75) is 37.8 Å². The van der Waals surface area contributed by atoms with Crippen LogP contribution < -0.4 is 15.6 Å². The molecule has 1 aliphatic heterocycles. The topological polar surface area (TPSA) is 141 Å². The van der Waals surface area contributed by atoms with E-state index in [-0.39, 0.29) is 18.9 Å². The number of hydrogen-bond acceptors (Lipinski definition) is 7. The van der Waals surface area contributed by atoms with Crippen LogP contribution in [0.3, 0.4) is 0 Å². The Kier molecular flexibility index (Phi) is 9.53. The third-order valence-electron chi connectivity index (χ3n) is 6.31. The molecule has 2 atom stereocenters. The summed E-state index contributed by atoms with van der Waals surface area (Å²) in [5.41, 5.74) is 16.1. The first-order valence-electron chi connectivity index (χ1n) is 12.9. The minimum atomic E-state index is -1.41. The van der Waals surface area contributed by atoms with E-state index in [0.29, 0.717) is 48.0 Å². The normalized spacial score (nSPS) is 18.0. The van der Waals surface area contributed by atoms with E-state index in [2.05, 4.69) is 20.9 Å². The lowest BCUT2D eigenvalue weighted by Gasteiger charge is -2.31. The maximum Gasteiger partial charge on any atom is 0.266 e. The van der Waals surface area contributed by atoms with Gasteiger partial charge in [0.25, 0.3) is 5.91 Å². The summed E-state index contributed by atoms with van der Waals surface area (Å²) in [6.07, 6.45) is 0.744. The first-order chi connectivity index (χ1) is 19.1. The number of aliphatic hydroxyl groups is 1. The van der Waals surface area contributed by atoms with Crippen molar-refractivity contribution in [1.29, 1.82) is 0 Å². The molecule has 0 bridgehead atoms. The van der Waals surface area contributed by atoms with Crippen molar-refractivity contribution in [2.24, 2.45) is 10.1 Å². The summed E-state index contributed by atoms with van der Waals surface area (Å²) in [4.78, 5) is 21.9. The SMILES string of the molecule is CCCNNC(=O)[C@@]1(Cc2ccccc2N=[N+]=[N-])N=C(c2ccc(OCCCO)cc2)O[C@H]1c1ccccc1. The smallest absolute Gasteiger partial charge is 0.266 e. The molecule has 1 heterocycles. The van der Waals surface area contributed by atoms with Gasteiger partial charge in [-0.15, -0.1) is 0 Å². The molecule has 0 radical (unpaired) electrons. The number of carbonyl (C=O) groups is 1. The molecule has 3 aromatic carbocycles. The Labute approximate surface area is 227 Å². The molecule has 1 aliphatic rings. The van der Waals surface area contributed by atoms with Crippen LogP contribution in [0, 0.1) is 0 Å². The standard InChI is InChI=1S/C29H32N6O4/c1-2-17-31-34-28(37)29(20-23-11-6-7-12-25(23)33-35-30)26(21-9-4-3-5-10-21)39-27(32-29)22-13-15-24(16-14-22)38-19-8-18-36/h3-7,9-16,26,31,36H,2,8,17-20H2,1H3,(H,34,37)/t26-,29-/m0/s1. The summed E-state index contributed by atoms with van der Waals surface area (Å²) in [5.74, 6) is 0.610. The molecule has 0 aromatic heterocycles. The second-order valence-electron chi connectivity index (χ2n) is 9.08. The van der Waals surface area contributed by atoms with Crippen LogP contribution in [0.1, 0.15) is 42.6 Å². The fourth-order valence-corrected chi connectivity index (χ4v) is 4.38. The highest BCUT2D eigenvalue weighted by atomic mass is 16.5. The van der Waals surface area contributed by atoms with Gasteiger partial charge in [-0.3, -0.25) is 10.2 Å². The van der Waals surface area contributed by atoms with Crippen LogP contribution in [0.5, 0.6) is 5.75 Å². The van der Waals surface area contributed by atoms with Gasteiger partial charge in [-0.05, 0) is 47.3 Å². The van der Waals surface area contributed by atoms with Crippen molar-refractivity contribution in [3.8, 4) is 5.75 Å². The average Bonchev–Trinajstić information content (AvgIpc) is 3.36. The van der Waals surface area contributed by atoms with Crippen molar-refractivity contribution in [3.05, 3.63) is 106 Å². The Morgan fingerprint density at radius 3 is 2.59 bits per heavy atom. The number of carbonyl (C=O) groups excluding carboxylic acids is 1. The summed E-state index contributed by atoms with van der Waals surface area (Å²) in [6.45, 7) is 3.05. The minimum absolute atomic E-state index is 0.0592. The molecular formula is C29H32N6O4. The summed E-state index contributed by atoms with van der Waals surface area (Å²) >= 11 is 0. The molecule has 3 N–H and O–H groups in total. The third-order valence-corrected chi connectivity index (χ3v) is 6.31. The Hall–Kier alpha value is -4.37. The van der Waals surface area contributed by atoms with Gasteiger partial charge >= 0.3 is 0 Å². The Balaban J connectivity index is 1.79. The third kappa shape index (κ3) is 6.56. The molecule has 202 valence electrons. The number of amides is 1. The molecule has 3 aromatic rings. The van der Waals surface area contributed by atoms with E-state index in [4.69, 9.17) is 25.1 Å². The quantitative estimate of drug-likeness (QED) is 0.0949. The molecule has 39 heavy (non-hydrogen) atoms. The number of azide groups is 1. The van der Waals surface area contributed by atoms with Crippen molar-refractivity contribution in [3.63, 3.8) is 0 Å². The van der Waals surface area contributed by atoms with E-state index < -0.39 is 11.6 Å². The van der Waals surface area contributed by atoms with Crippen LogP contribution in [-0.2, 0) is 16.0 Å². The van der Waals surface area contributed by atoms with Crippen LogP contribution in [0.2, 0.25) is 0 Å². The lowest BCUT2D eigenvalue weighted by atomic mass is 9.81. The zero-order valence-electron chi connectivity index (χ0n) is 21.8. The number of rotatable bonds is 13. The molecule has 0 fully saturated rings. The van der Waals surface area contributed by atoms with Gasteiger partial charge in [-0.1, -0.05) is 66.6 Å². The Morgan fingerprint density at radius 1 is 1.13 bits per heavy atom. The van der Waals surface area contributed by atoms with Crippen LogP contribution in [0.4, 0.5) is 5.69 Å². The molecule has 0 saturated heterocycles. The number of aliphatic imine (C=N–C) groups is 1. The number of nitrogens with zero attached hydrogens (tertiary/aromatic N) is 4. The highest BCUT2D eigenvalue weighted by Crippen LogP contribution is 2.43. The molecule has 10 nitrogen and oxygen atoms in total. The largest absolute Gasteiger partial charge is 0.494 e. The molecule has 0 spiro atoms. The molecule has 4 rings (SSSR count). The zero-order chi connectivity index (χ0) is 27.5. The zero-order valence-corrected chi connectivity index (χ0v) is 21.8. The number of hydrazine groups is 1. The van der Waals surface area contributed by atoms with Crippen molar-refractivity contribution in [1.82, 2.24) is 10.9 Å².